The number of carbonyl (C=O) groups is 3. The minimum absolute atomic E-state index is 0.273. The van der Waals surface area contributed by atoms with Gasteiger partial charge in [0.2, 0.25) is 11.4 Å². The average Bonchev–Trinajstić information content (AvgIpc) is 2.37. The van der Waals surface area contributed by atoms with Crippen molar-refractivity contribution in [2.75, 3.05) is 0 Å². The van der Waals surface area contributed by atoms with Crippen LogP contribution in [-0.2, 0) is 20.8 Å². The Hall–Kier alpha value is -2.88. The van der Waals surface area contributed by atoms with Gasteiger partial charge >= 0.3 is 11.9 Å². The Morgan fingerprint density at radius 3 is 2.35 bits per heavy atom. The number of nitriles is 1. The summed E-state index contributed by atoms with van der Waals surface area (Å²) in [4.78, 5) is 33.7. The van der Waals surface area contributed by atoms with Gasteiger partial charge in [-0.1, -0.05) is 12.1 Å². The van der Waals surface area contributed by atoms with E-state index in [1.807, 2.05) is 11.4 Å². The second kappa shape index (κ2) is 5.84. The summed E-state index contributed by atoms with van der Waals surface area (Å²) in [6.45, 7) is 1.03. The van der Waals surface area contributed by atoms with Crippen molar-refractivity contribution >= 4 is 17.8 Å². The molecule has 1 aromatic rings. The molecule has 0 aliphatic carbocycles. The van der Waals surface area contributed by atoms with E-state index in [0.29, 0.717) is 5.56 Å². The fourth-order valence-electron chi connectivity index (χ4n) is 1.75. The van der Waals surface area contributed by atoms with Crippen molar-refractivity contribution < 1.29 is 24.6 Å². The second-order valence-corrected chi connectivity index (χ2v) is 4.19. The largest absolute Gasteiger partial charge is 0.479 e. The highest BCUT2D eigenvalue weighted by Gasteiger charge is 2.47. The predicted octanol–water partition coefficient (Wildman–Crippen LogP) is 0.145. The molecule has 0 bridgehead atoms. The normalized spacial score (nSPS) is 10.4. The first kappa shape index (κ1) is 15.2. The number of nitrogens with zero attached hydrogens (tertiary/aromatic N) is 1. The van der Waals surface area contributed by atoms with Crippen LogP contribution in [0.25, 0.3) is 0 Å². The van der Waals surface area contributed by atoms with E-state index >= 15 is 0 Å². The van der Waals surface area contributed by atoms with Crippen molar-refractivity contribution in [1.82, 2.24) is 5.32 Å². The van der Waals surface area contributed by atoms with Crippen molar-refractivity contribution in [3.8, 4) is 6.07 Å². The molecule has 7 nitrogen and oxygen atoms in total. The molecule has 1 amide bonds. The molecular formula is C13H12N2O5. The van der Waals surface area contributed by atoms with Crippen molar-refractivity contribution in [3.05, 3.63) is 35.4 Å². The first-order chi connectivity index (χ1) is 9.31. The molecule has 0 aliphatic heterocycles. The first-order valence-corrected chi connectivity index (χ1v) is 5.56. The van der Waals surface area contributed by atoms with Gasteiger partial charge in [-0.25, -0.2) is 9.59 Å². The highest BCUT2D eigenvalue weighted by molar-refractivity contribution is 6.06. The zero-order valence-electron chi connectivity index (χ0n) is 10.6. The molecule has 1 aromatic carbocycles. The molecule has 0 saturated carbocycles. The lowest BCUT2D eigenvalue weighted by molar-refractivity contribution is -0.161. The van der Waals surface area contributed by atoms with Gasteiger partial charge in [-0.15, -0.1) is 0 Å². The molecule has 0 radical (unpaired) electrons. The van der Waals surface area contributed by atoms with E-state index in [-0.39, 0.29) is 5.56 Å². The van der Waals surface area contributed by atoms with Gasteiger partial charge < -0.3 is 15.5 Å². The second-order valence-electron chi connectivity index (χ2n) is 4.19. The molecule has 20 heavy (non-hydrogen) atoms. The van der Waals surface area contributed by atoms with Gasteiger partial charge in [-0.2, -0.15) is 5.26 Å². The molecule has 0 fully saturated rings. The highest BCUT2D eigenvalue weighted by atomic mass is 16.4. The molecule has 0 heterocycles. The van der Waals surface area contributed by atoms with E-state index in [0.717, 1.165) is 6.92 Å². The summed E-state index contributed by atoms with van der Waals surface area (Å²) in [5, 5.41) is 29.1. The van der Waals surface area contributed by atoms with Crippen molar-refractivity contribution in [1.29, 1.82) is 5.26 Å². The summed E-state index contributed by atoms with van der Waals surface area (Å²) < 4.78 is 0. The summed E-state index contributed by atoms with van der Waals surface area (Å²) in [5.41, 5.74) is -1.86. The molecular weight excluding hydrogens is 264 g/mol. The van der Waals surface area contributed by atoms with E-state index in [4.69, 9.17) is 5.26 Å². The highest BCUT2D eigenvalue weighted by Crippen LogP contribution is 2.16. The molecule has 0 atom stereocenters. The van der Waals surface area contributed by atoms with Gasteiger partial charge in [-0.3, -0.25) is 4.79 Å². The van der Waals surface area contributed by atoms with Crippen LogP contribution >= 0.6 is 0 Å². The Labute approximate surface area is 114 Å². The summed E-state index contributed by atoms with van der Waals surface area (Å²) in [5.74, 6) is -4.13. The molecule has 7 heteroatoms. The van der Waals surface area contributed by atoms with Crippen LogP contribution in [0.1, 0.15) is 18.1 Å². The molecule has 3 N–H and O–H groups in total. The quantitative estimate of drug-likeness (QED) is 0.656. The minimum Gasteiger partial charge on any atom is -0.479 e. The third kappa shape index (κ3) is 3.11. The number of benzene rings is 1. The van der Waals surface area contributed by atoms with Crippen LogP contribution in [-0.4, -0.2) is 33.6 Å². The van der Waals surface area contributed by atoms with Crippen LogP contribution in [0, 0.1) is 11.3 Å². The van der Waals surface area contributed by atoms with Crippen LogP contribution < -0.4 is 5.32 Å². The summed E-state index contributed by atoms with van der Waals surface area (Å²) in [6, 6.07) is 7.75. The monoisotopic (exact) mass is 276 g/mol. The molecule has 0 aromatic heterocycles. The molecule has 0 saturated heterocycles. The molecule has 1 rings (SSSR count). The number of amides is 1. The van der Waals surface area contributed by atoms with Gasteiger partial charge in [0.25, 0.3) is 0 Å². The Kier molecular flexibility index (Phi) is 4.43. The summed E-state index contributed by atoms with van der Waals surface area (Å²) in [6.07, 6.45) is -0.466. The number of rotatable bonds is 5. The van der Waals surface area contributed by atoms with E-state index in [2.05, 4.69) is 0 Å². The van der Waals surface area contributed by atoms with E-state index in [1.165, 1.54) is 24.3 Å². The Morgan fingerprint density at radius 1 is 1.30 bits per heavy atom. The number of aliphatic carboxylic acids is 2. The van der Waals surface area contributed by atoms with Gasteiger partial charge in [0.15, 0.2) is 0 Å². The Balaban J connectivity index is 3.24. The maximum absolute atomic E-state index is 11.3. The summed E-state index contributed by atoms with van der Waals surface area (Å²) >= 11 is 0. The predicted molar refractivity (Wildman–Crippen MR) is 66.7 cm³/mol. The zero-order chi connectivity index (χ0) is 15.3. The lowest BCUT2D eigenvalue weighted by Crippen LogP contribution is -2.61. The molecule has 104 valence electrons. The number of nitrogens with one attached hydrogen (secondary N) is 1. The number of carboxylic acid groups (broad SMARTS) is 2. The standard InChI is InChI=1S/C13H12N2O5/c1-8(16)15-13(11(17)18,12(19)20)6-9-3-2-4-10(5-9)7-14/h2-5H,6H2,1H3,(H,15,16)(H,17,18)(H,19,20). The van der Waals surface area contributed by atoms with Crippen molar-refractivity contribution in [2.45, 2.75) is 18.9 Å². The van der Waals surface area contributed by atoms with Crippen LogP contribution in [0.2, 0.25) is 0 Å². The number of carbonyl (C=O) groups excluding carboxylic acids is 1. The number of hydrogen-bond donors (Lipinski definition) is 3. The van der Waals surface area contributed by atoms with Crippen LogP contribution in [0.15, 0.2) is 24.3 Å². The summed E-state index contributed by atoms with van der Waals surface area (Å²) in [7, 11) is 0. The maximum atomic E-state index is 11.3. The molecule has 0 unspecified atom stereocenters. The van der Waals surface area contributed by atoms with Gasteiger partial charge in [-0.05, 0) is 17.7 Å². The topological polar surface area (TPSA) is 127 Å². The first-order valence-electron chi connectivity index (χ1n) is 5.56. The molecule has 0 spiro atoms. The lowest BCUT2D eigenvalue weighted by atomic mass is 9.90. The number of carboxylic acids is 2. The Morgan fingerprint density at radius 2 is 1.90 bits per heavy atom. The number of hydrogen-bond acceptors (Lipinski definition) is 4. The third-order valence-corrected chi connectivity index (χ3v) is 2.64. The fraction of sp³-hybridized carbons (Fsp3) is 0.231. The lowest BCUT2D eigenvalue weighted by Gasteiger charge is -2.25. The van der Waals surface area contributed by atoms with Crippen molar-refractivity contribution in [2.24, 2.45) is 0 Å². The van der Waals surface area contributed by atoms with Gasteiger partial charge in [0.05, 0.1) is 11.6 Å². The van der Waals surface area contributed by atoms with E-state index < -0.39 is 29.8 Å². The fourth-order valence-corrected chi connectivity index (χ4v) is 1.75. The Bertz CT molecular complexity index is 589. The maximum Gasteiger partial charge on any atom is 0.341 e. The van der Waals surface area contributed by atoms with Gasteiger partial charge in [0.1, 0.15) is 0 Å². The van der Waals surface area contributed by atoms with Crippen molar-refractivity contribution in [3.63, 3.8) is 0 Å². The van der Waals surface area contributed by atoms with Gasteiger partial charge in [0, 0.05) is 13.3 Å². The van der Waals surface area contributed by atoms with E-state index in [9.17, 15) is 24.6 Å². The minimum atomic E-state index is -2.46. The third-order valence-electron chi connectivity index (χ3n) is 2.64. The smallest absolute Gasteiger partial charge is 0.341 e. The molecule has 0 aliphatic rings. The van der Waals surface area contributed by atoms with E-state index in [1.54, 1.807) is 0 Å². The van der Waals surface area contributed by atoms with Crippen LogP contribution in [0.4, 0.5) is 0 Å². The zero-order valence-corrected chi connectivity index (χ0v) is 10.6. The SMILES string of the molecule is CC(=O)NC(Cc1cccc(C#N)c1)(C(=O)O)C(=O)O. The van der Waals surface area contributed by atoms with Crippen LogP contribution in [0.5, 0.6) is 0 Å². The van der Waals surface area contributed by atoms with Crippen LogP contribution in [0.3, 0.4) is 0 Å². The average molecular weight is 276 g/mol.